The summed E-state index contributed by atoms with van der Waals surface area (Å²) in [4.78, 5) is 0.971. The van der Waals surface area contributed by atoms with E-state index in [0.717, 1.165) is 16.2 Å². The standard InChI is InChI=1S/C15H14Cl2N2OS/c16-10-3-1-9(2-4-10)13-11(5-7-20)14(19-18-13)15-12(17)6-8-21-15/h1-4,6,8,11,13,18,20H,5,7H2. The summed E-state index contributed by atoms with van der Waals surface area (Å²) in [6.07, 6.45) is 0.632. The van der Waals surface area contributed by atoms with Crippen molar-refractivity contribution in [3.8, 4) is 0 Å². The summed E-state index contributed by atoms with van der Waals surface area (Å²) in [7, 11) is 0. The van der Waals surface area contributed by atoms with Gasteiger partial charge in [0.15, 0.2) is 0 Å². The Morgan fingerprint density at radius 1 is 1.19 bits per heavy atom. The minimum atomic E-state index is 0.0302. The Balaban J connectivity index is 1.91. The second kappa shape index (κ2) is 6.36. The van der Waals surface area contributed by atoms with E-state index in [-0.39, 0.29) is 18.6 Å². The van der Waals surface area contributed by atoms with E-state index in [1.54, 1.807) is 11.3 Å². The zero-order valence-corrected chi connectivity index (χ0v) is 13.4. The van der Waals surface area contributed by atoms with E-state index in [4.69, 9.17) is 23.2 Å². The van der Waals surface area contributed by atoms with Crippen LogP contribution in [-0.4, -0.2) is 17.4 Å². The fraction of sp³-hybridized carbons (Fsp3) is 0.267. The van der Waals surface area contributed by atoms with Gasteiger partial charge in [0.05, 0.1) is 21.7 Å². The third-order valence-corrected chi connectivity index (χ3v) is 5.21. The highest BCUT2D eigenvalue weighted by Crippen LogP contribution is 2.36. The lowest BCUT2D eigenvalue weighted by Crippen LogP contribution is -2.23. The molecule has 0 saturated carbocycles. The molecule has 21 heavy (non-hydrogen) atoms. The molecule has 1 aromatic carbocycles. The molecule has 1 aromatic heterocycles. The van der Waals surface area contributed by atoms with Crippen LogP contribution in [0.15, 0.2) is 40.8 Å². The number of hydrogen-bond acceptors (Lipinski definition) is 4. The third-order valence-electron chi connectivity index (χ3n) is 3.60. The van der Waals surface area contributed by atoms with Gasteiger partial charge in [-0.15, -0.1) is 11.3 Å². The Bertz CT molecular complexity index is 654. The maximum absolute atomic E-state index is 9.39. The molecule has 110 valence electrons. The summed E-state index contributed by atoms with van der Waals surface area (Å²) in [5.74, 6) is 0.0901. The summed E-state index contributed by atoms with van der Waals surface area (Å²) in [6.45, 7) is 0.110. The quantitative estimate of drug-likeness (QED) is 0.879. The molecular weight excluding hydrogens is 327 g/mol. The van der Waals surface area contributed by atoms with Gasteiger partial charge in [-0.1, -0.05) is 35.3 Å². The van der Waals surface area contributed by atoms with Crippen molar-refractivity contribution in [2.45, 2.75) is 12.5 Å². The first-order valence-electron chi connectivity index (χ1n) is 6.63. The molecule has 0 aliphatic carbocycles. The van der Waals surface area contributed by atoms with Crippen LogP contribution < -0.4 is 5.43 Å². The highest BCUT2D eigenvalue weighted by Gasteiger charge is 2.34. The Labute approximate surface area is 137 Å². The first-order valence-corrected chi connectivity index (χ1v) is 8.27. The molecule has 0 bridgehead atoms. The van der Waals surface area contributed by atoms with Crippen molar-refractivity contribution in [3.05, 3.63) is 56.2 Å². The molecule has 2 atom stereocenters. The van der Waals surface area contributed by atoms with Crippen molar-refractivity contribution in [1.82, 2.24) is 5.43 Å². The van der Waals surface area contributed by atoms with Crippen LogP contribution in [0.5, 0.6) is 0 Å². The average molecular weight is 341 g/mol. The lowest BCUT2D eigenvalue weighted by Gasteiger charge is -2.20. The normalized spacial score (nSPS) is 21.2. The van der Waals surface area contributed by atoms with Crippen LogP contribution in [0.1, 0.15) is 22.9 Å². The van der Waals surface area contributed by atoms with E-state index >= 15 is 0 Å². The Kier molecular flexibility index (Phi) is 4.50. The second-order valence-corrected chi connectivity index (χ2v) is 6.63. The molecule has 6 heteroatoms. The topological polar surface area (TPSA) is 44.6 Å². The fourth-order valence-corrected chi connectivity index (χ4v) is 3.92. The van der Waals surface area contributed by atoms with Crippen molar-refractivity contribution in [2.24, 2.45) is 11.0 Å². The molecule has 3 nitrogen and oxygen atoms in total. The number of rotatable bonds is 4. The van der Waals surface area contributed by atoms with Gasteiger partial charge in [-0.25, -0.2) is 0 Å². The predicted molar refractivity (Wildman–Crippen MR) is 88.4 cm³/mol. The van der Waals surface area contributed by atoms with Crippen molar-refractivity contribution in [2.75, 3.05) is 6.61 Å². The van der Waals surface area contributed by atoms with Crippen molar-refractivity contribution in [3.63, 3.8) is 0 Å². The highest BCUT2D eigenvalue weighted by molar-refractivity contribution is 7.12. The van der Waals surface area contributed by atoms with Gasteiger partial charge in [-0.3, -0.25) is 0 Å². The maximum atomic E-state index is 9.39. The zero-order chi connectivity index (χ0) is 14.8. The van der Waals surface area contributed by atoms with Crippen LogP contribution in [0.4, 0.5) is 0 Å². The van der Waals surface area contributed by atoms with Crippen molar-refractivity contribution < 1.29 is 5.11 Å². The van der Waals surface area contributed by atoms with Gasteiger partial charge in [-0.2, -0.15) is 5.10 Å². The summed E-state index contributed by atoms with van der Waals surface area (Å²) in [6, 6.07) is 9.60. The zero-order valence-electron chi connectivity index (χ0n) is 11.1. The van der Waals surface area contributed by atoms with E-state index in [2.05, 4.69) is 10.5 Å². The Hall–Kier alpha value is -1.07. The lowest BCUT2D eigenvalue weighted by atomic mass is 9.87. The van der Waals surface area contributed by atoms with Gasteiger partial charge >= 0.3 is 0 Å². The monoisotopic (exact) mass is 340 g/mol. The minimum Gasteiger partial charge on any atom is -0.396 e. The van der Waals surface area contributed by atoms with Crippen LogP contribution in [0, 0.1) is 5.92 Å². The van der Waals surface area contributed by atoms with Gasteiger partial charge < -0.3 is 10.5 Å². The van der Waals surface area contributed by atoms with Gasteiger partial charge in [0, 0.05) is 17.5 Å². The molecule has 1 aliphatic heterocycles. The van der Waals surface area contributed by atoms with Crippen LogP contribution in [0.3, 0.4) is 0 Å². The fourth-order valence-electron chi connectivity index (χ4n) is 2.58. The molecule has 0 radical (unpaired) electrons. The Morgan fingerprint density at radius 3 is 2.57 bits per heavy atom. The van der Waals surface area contributed by atoms with E-state index in [1.165, 1.54) is 0 Å². The van der Waals surface area contributed by atoms with Gasteiger partial charge in [0.25, 0.3) is 0 Å². The first kappa shape index (κ1) is 14.9. The summed E-state index contributed by atoms with van der Waals surface area (Å²) in [5.41, 5.74) is 5.20. The molecular formula is C15H14Cl2N2OS. The number of hydrazone groups is 1. The molecule has 0 spiro atoms. The number of hydrogen-bond donors (Lipinski definition) is 2. The molecule has 1 aliphatic rings. The molecule has 3 rings (SSSR count). The van der Waals surface area contributed by atoms with Crippen molar-refractivity contribution >= 4 is 40.3 Å². The summed E-state index contributed by atoms with van der Waals surface area (Å²) in [5, 5.41) is 17.2. The number of halogens is 2. The number of aliphatic hydroxyl groups excluding tert-OH is 1. The second-order valence-electron chi connectivity index (χ2n) is 4.87. The highest BCUT2D eigenvalue weighted by atomic mass is 35.5. The third kappa shape index (κ3) is 2.94. The van der Waals surface area contributed by atoms with Crippen LogP contribution in [-0.2, 0) is 0 Å². The Morgan fingerprint density at radius 2 is 1.95 bits per heavy atom. The molecule has 2 unspecified atom stereocenters. The van der Waals surface area contributed by atoms with E-state index in [9.17, 15) is 5.11 Å². The minimum absolute atomic E-state index is 0.0302. The van der Waals surface area contributed by atoms with Crippen LogP contribution >= 0.6 is 34.5 Å². The number of thiophene rings is 1. The van der Waals surface area contributed by atoms with Gasteiger partial charge in [0.2, 0.25) is 0 Å². The first-order chi connectivity index (χ1) is 10.2. The number of nitrogens with zero attached hydrogens (tertiary/aromatic N) is 1. The SMILES string of the molecule is OCCC1C(c2sccc2Cl)=NNC1c1ccc(Cl)cc1. The van der Waals surface area contributed by atoms with Crippen molar-refractivity contribution in [1.29, 1.82) is 0 Å². The molecule has 0 saturated heterocycles. The van der Waals surface area contributed by atoms with E-state index < -0.39 is 0 Å². The van der Waals surface area contributed by atoms with Crippen LogP contribution in [0.25, 0.3) is 0 Å². The molecule has 0 amide bonds. The molecule has 2 heterocycles. The number of nitrogens with one attached hydrogen (secondary N) is 1. The smallest absolute Gasteiger partial charge is 0.0846 e. The molecule has 2 aromatic rings. The lowest BCUT2D eigenvalue weighted by molar-refractivity contribution is 0.264. The van der Waals surface area contributed by atoms with E-state index in [1.807, 2.05) is 35.7 Å². The number of benzene rings is 1. The maximum Gasteiger partial charge on any atom is 0.0846 e. The largest absolute Gasteiger partial charge is 0.396 e. The van der Waals surface area contributed by atoms with Crippen LogP contribution in [0.2, 0.25) is 10.0 Å². The molecule has 0 fully saturated rings. The summed E-state index contributed by atoms with van der Waals surface area (Å²) >= 11 is 13.7. The van der Waals surface area contributed by atoms with Gasteiger partial charge in [0.1, 0.15) is 0 Å². The van der Waals surface area contributed by atoms with Gasteiger partial charge in [-0.05, 0) is 35.6 Å². The molecule has 2 N–H and O–H groups in total. The summed E-state index contributed by atoms with van der Waals surface area (Å²) < 4.78 is 0. The predicted octanol–water partition coefficient (Wildman–Crippen LogP) is 4.10. The van der Waals surface area contributed by atoms with E-state index in [0.29, 0.717) is 16.5 Å². The average Bonchev–Trinajstić information content (AvgIpc) is 3.07. The number of aliphatic hydroxyl groups is 1.